The van der Waals surface area contributed by atoms with Gasteiger partial charge in [0.05, 0.1) is 95.3 Å². The van der Waals surface area contributed by atoms with Gasteiger partial charge in [0.1, 0.15) is 30.5 Å². The average molecular weight is 1110 g/mol. The van der Waals surface area contributed by atoms with Crippen LogP contribution in [0.1, 0.15) is 64.2 Å². The van der Waals surface area contributed by atoms with Crippen LogP contribution in [0.15, 0.2) is 0 Å². The molecule has 0 spiro atoms. The van der Waals surface area contributed by atoms with Crippen LogP contribution in [0.4, 0.5) is 0 Å². The summed E-state index contributed by atoms with van der Waals surface area (Å²) in [5.74, 6) is -19.1. The minimum Gasteiger partial charge on any atom is -0.547 e. The van der Waals surface area contributed by atoms with E-state index in [0.717, 1.165) is 0 Å². The Labute approximate surface area is 426 Å². The monoisotopic (exact) mass is 1110 g/mol. The average Bonchev–Trinajstić information content (AvgIpc) is 4.22. The first-order chi connectivity index (χ1) is 34.8. The molecule has 5 saturated heterocycles. The SMILES string of the molecule is C1CC[NH2+]C1.C1CC[NH2+]C1.C1CC[NH2+]C1.C1CC[NH2+]C1.C1CC[NH2+]C1.O=C([O-])C(O)C(O)C(=O)O.O=C([O-])C(O)C(O)C(=O)O.O=C([O-])C(O)C(O)C(=O)O.O=C([O-])C(O)C(O)C(=O)O.O=C([O-])C(O)C(O)C(=O)O. The molecule has 0 bridgehead atoms. The van der Waals surface area contributed by atoms with E-state index in [9.17, 15) is 73.5 Å². The molecule has 25 N–H and O–H groups in total. The second-order valence-corrected chi connectivity index (χ2v) is 15.6. The maximum Gasteiger partial charge on any atom is 0.335 e. The fraction of sp³-hybridized carbons (Fsp3) is 0.750. The van der Waals surface area contributed by atoms with Crippen molar-refractivity contribution in [2.45, 2.75) is 125 Å². The van der Waals surface area contributed by atoms with Gasteiger partial charge in [-0.1, -0.05) is 0 Å². The van der Waals surface area contributed by atoms with Crippen molar-refractivity contribution < 1.29 is 177 Å². The summed E-state index contributed by atoms with van der Waals surface area (Å²) in [7, 11) is 0. The van der Waals surface area contributed by atoms with E-state index in [0.29, 0.717) is 0 Å². The van der Waals surface area contributed by atoms with Crippen LogP contribution in [0.25, 0.3) is 0 Å². The van der Waals surface area contributed by atoms with Crippen molar-refractivity contribution in [3.05, 3.63) is 0 Å². The molecule has 10 unspecified atom stereocenters. The van der Waals surface area contributed by atoms with Gasteiger partial charge in [0.25, 0.3) is 0 Å². The van der Waals surface area contributed by atoms with Crippen molar-refractivity contribution in [1.82, 2.24) is 0 Å². The number of aliphatic hydroxyl groups is 10. The van der Waals surface area contributed by atoms with E-state index in [2.05, 4.69) is 26.6 Å². The van der Waals surface area contributed by atoms with Gasteiger partial charge in [-0.2, -0.15) is 0 Å². The Bertz CT molecular complexity index is 1210. The van der Waals surface area contributed by atoms with Gasteiger partial charge < -0.3 is 153 Å². The number of rotatable bonds is 15. The second kappa shape index (κ2) is 49.0. The molecule has 35 nitrogen and oxygen atoms in total. The van der Waals surface area contributed by atoms with Gasteiger partial charge in [0.2, 0.25) is 0 Å². The number of carbonyl (C=O) groups is 10. The van der Waals surface area contributed by atoms with Gasteiger partial charge in [-0.05, 0) is 0 Å². The molecule has 75 heavy (non-hydrogen) atoms. The largest absolute Gasteiger partial charge is 0.547 e. The van der Waals surface area contributed by atoms with Crippen molar-refractivity contribution in [1.29, 1.82) is 0 Å². The van der Waals surface area contributed by atoms with Crippen LogP contribution in [0.3, 0.4) is 0 Å². The molecule has 0 aromatic carbocycles. The Morgan fingerprint density at radius 2 is 0.320 bits per heavy atom. The Balaban J connectivity index is -0.000000245. The first-order valence-corrected chi connectivity index (χ1v) is 22.9. The van der Waals surface area contributed by atoms with Crippen LogP contribution in [-0.2, 0) is 47.9 Å². The number of aliphatic hydroxyl groups excluding tert-OH is 10. The zero-order valence-corrected chi connectivity index (χ0v) is 40.6. The smallest absolute Gasteiger partial charge is 0.335 e. The highest BCUT2D eigenvalue weighted by atomic mass is 16.5. The Morgan fingerprint density at radius 3 is 0.347 bits per heavy atom. The minimum absolute atomic E-state index is 1.38. The van der Waals surface area contributed by atoms with E-state index in [1.54, 1.807) is 0 Å². The van der Waals surface area contributed by atoms with E-state index in [1.165, 1.54) is 130 Å². The maximum absolute atomic E-state index is 9.74. The molecule has 0 aromatic heterocycles. The summed E-state index contributed by atoms with van der Waals surface area (Å²) in [5, 5.41) is 182. The number of nitrogens with two attached hydrogens (primary N) is 5. The van der Waals surface area contributed by atoms with Crippen LogP contribution in [-0.4, -0.2) is 263 Å². The molecular weight excluding hydrogens is 1030 g/mol. The predicted octanol–water partition coefficient (Wildman–Crippen LogP) is -20.6. The van der Waals surface area contributed by atoms with Crippen LogP contribution >= 0.6 is 0 Å². The maximum atomic E-state index is 9.74. The van der Waals surface area contributed by atoms with Crippen LogP contribution < -0.4 is 52.1 Å². The van der Waals surface area contributed by atoms with Crippen molar-refractivity contribution in [3.63, 3.8) is 0 Å². The number of carbonyl (C=O) groups excluding carboxylic acids is 5. The fourth-order valence-electron chi connectivity index (χ4n) is 4.93. The van der Waals surface area contributed by atoms with E-state index in [-0.39, 0.29) is 0 Å². The van der Waals surface area contributed by atoms with Gasteiger partial charge >= 0.3 is 29.8 Å². The highest BCUT2D eigenvalue weighted by molar-refractivity contribution is 5.84. The van der Waals surface area contributed by atoms with Crippen molar-refractivity contribution in [3.8, 4) is 0 Å². The first kappa shape index (κ1) is 78.0. The molecule has 0 aromatic rings. The van der Waals surface area contributed by atoms with Crippen molar-refractivity contribution in [2.75, 3.05) is 65.4 Å². The molecule has 5 aliphatic rings. The highest BCUT2D eigenvalue weighted by Crippen LogP contribution is 1.94. The fourth-order valence-corrected chi connectivity index (χ4v) is 4.93. The van der Waals surface area contributed by atoms with E-state index in [4.69, 9.17) is 76.6 Å². The Morgan fingerprint density at radius 1 is 0.227 bits per heavy atom. The molecule has 5 aliphatic heterocycles. The van der Waals surface area contributed by atoms with Crippen molar-refractivity contribution in [2.24, 2.45) is 0 Å². The normalized spacial score (nSPS) is 18.5. The second-order valence-electron chi connectivity index (χ2n) is 15.6. The molecule has 5 heterocycles. The molecule has 0 amide bonds. The van der Waals surface area contributed by atoms with Gasteiger partial charge in [0.15, 0.2) is 30.5 Å². The summed E-state index contributed by atoms with van der Waals surface area (Å²) >= 11 is 0. The summed E-state index contributed by atoms with van der Waals surface area (Å²) in [6.45, 7) is 13.8. The molecule has 440 valence electrons. The third kappa shape index (κ3) is 47.6. The molecule has 10 atom stereocenters. The van der Waals surface area contributed by atoms with Gasteiger partial charge in [0, 0.05) is 64.2 Å². The highest BCUT2D eigenvalue weighted by Gasteiger charge is 2.27. The lowest BCUT2D eigenvalue weighted by Gasteiger charge is -2.13. The van der Waals surface area contributed by atoms with E-state index in [1.807, 2.05) is 0 Å². The molecule has 0 aliphatic carbocycles. The molecule has 0 radical (unpaired) electrons. The van der Waals surface area contributed by atoms with Crippen LogP contribution in [0.2, 0.25) is 0 Å². The Hall–Kier alpha value is -5.90. The number of hydrogen-bond acceptors (Lipinski definition) is 25. The van der Waals surface area contributed by atoms with E-state index < -0.39 is 121 Å². The number of carboxylic acid groups (broad SMARTS) is 10. The molecule has 5 rings (SSSR count). The molecular formula is C40H75N5O30. The van der Waals surface area contributed by atoms with Gasteiger partial charge in [-0.15, -0.1) is 0 Å². The summed E-state index contributed by atoms with van der Waals surface area (Å²) < 4.78 is 0. The summed E-state index contributed by atoms with van der Waals surface area (Å²) in [6.07, 6.45) is -9.09. The molecule has 5 fully saturated rings. The Kier molecular flexibility index (Phi) is 51.0. The number of hydrogen-bond donors (Lipinski definition) is 20. The third-order valence-electron chi connectivity index (χ3n) is 9.30. The topological polar surface area (TPSA) is 673 Å². The summed E-state index contributed by atoms with van der Waals surface area (Å²) in [4.78, 5) is 97.0. The van der Waals surface area contributed by atoms with Gasteiger partial charge in [-0.25, -0.2) is 24.0 Å². The summed E-state index contributed by atoms with van der Waals surface area (Å²) in [5.41, 5.74) is 0. The standard InChI is InChI=1S/5C4H9N.5C4H6O6/c5*1-2-4-5-3-1;5*5-1(3(7)8)2(6)4(9)10/h5*5H,1-4H2;5*1-2,5-6H,(H,7,8)(H,9,10). The third-order valence-corrected chi connectivity index (χ3v) is 9.30. The lowest BCUT2D eigenvalue weighted by atomic mass is 10.2. The predicted molar refractivity (Wildman–Crippen MR) is 228 cm³/mol. The van der Waals surface area contributed by atoms with Crippen molar-refractivity contribution >= 4 is 59.7 Å². The van der Waals surface area contributed by atoms with E-state index >= 15 is 0 Å². The minimum atomic E-state index is -2.38. The summed E-state index contributed by atoms with van der Waals surface area (Å²) in [6, 6.07) is 0. The van der Waals surface area contributed by atoms with Crippen LogP contribution in [0, 0.1) is 0 Å². The molecule has 35 heteroatoms. The number of quaternary nitrogens is 5. The zero-order chi connectivity index (χ0) is 59.2. The quantitative estimate of drug-likeness (QED) is 0.0724. The number of aliphatic carboxylic acids is 10. The lowest BCUT2D eigenvalue weighted by Crippen LogP contribution is -2.80. The van der Waals surface area contributed by atoms with Crippen LogP contribution in [0.5, 0.6) is 0 Å². The lowest BCUT2D eigenvalue weighted by molar-refractivity contribution is -0.635. The molecule has 0 saturated carbocycles. The van der Waals surface area contributed by atoms with Gasteiger partial charge in [-0.3, -0.25) is 0 Å². The number of carboxylic acids is 10. The first-order valence-electron chi connectivity index (χ1n) is 22.9. The zero-order valence-electron chi connectivity index (χ0n) is 40.6.